The second-order valence-corrected chi connectivity index (χ2v) is 4.27. The molecule has 0 radical (unpaired) electrons. The maximum Gasteiger partial charge on any atom is 0.294 e. The van der Waals surface area contributed by atoms with Crippen LogP contribution < -0.4 is 10.6 Å². The minimum atomic E-state index is -0.291. The van der Waals surface area contributed by atoms with Crippen molar-refractivity contribution < 1.29 is 9.32 Å². The van der Waals surface area contributed by atoms with Crippen molar-refractivity contribution in [2.75, 3.05) is 11.9 Å². The van der Waals surface area contributed by atoms with Crippen molar-refractivity contribution in [3.05, 3.63) is 47.3 Å². The van der Waals surface area contributed by atoms with Gasteiger partial charge in [0.05, 0.1) is 5.69 Å². The largest absolute Gasteiger partial charge is 0.351 e. The summed E-state index contributed by atoms with van der Waals surface area (Å²) < 4.78 is 4.92. The second-order valence-electron chi connectivity index (χ2n) is 4.27. The van der Waals surface area contributed by atoms with Gasteiger partial charge in [-0.05, 0) is 31.2 Å². The number of carbonyl (C=O) groups excluding carboxylic acids is 1. The molecule has 0 bridgehead atoms. The number of rotatable bonds is 5. The zero-order chi connectivity index (χ0) is 13.7. The molecule has 5 heteroatoms. The first-order valence-electron chi connectivity index (χ1n) is 6.23. The van der Waals surface area contributed by atoms with Crippen LogP contribution >= 0.6 is 0 Å². The molecule has 0 aliphatic rings. The van der Waals surface area contributed by atoms with Gasteiger partial charge in [0.2, 0.25) is 5.76 Å². The summed E-state index contributed by atoms with van der Waals surface area (Å²) >= 11 is 0. The van der Waals surface area contributed by atoms with Crippen LogP contribution in [0.1, 0.15) is 28.7 Å². The van der Waals surface area contributed by atoms with E-state index in [1.165, 1.54) is 0 Å². The van der Waals surface area contributed by atoms with Gasteiger partial charge in [-0.25, -0.2) is 0 Å². The zero-order valence-corrected chi connectivity index (χ0v) is 11.1. The molecule has 2 rings (SSSR count). The Kier molecular flexibility index (Phi) is 4.30. The average Bonchev–Trinajstić information content (AvgIpc) is 2.83. The molecule has 0 atom stereocenters. The maximum atomic E-state index is 11.9. The molecule has 0 aliphatic heterocycles. The number of nitrogens with zero attached hydrogens (tertiary/aromatic N) is 1. The van der Waals surface area contributed by atoms with Crippen molar-refractivity contribution in [2.45, 2.75) is 20.4 Å². The first-order valence-corrected chi connectivity index (χ1v) is 6.23. The van der Waals surface area contributed by atoms with Gasteiger partial charge in [0.25, 0.3) is 5.91 Å². The Morgan fingerprint density at radius 2 is 2.21 bits per heavy atom. The quantitative estimate of drug-likeness (QED) is 0.865. The Hall–Kier alpha value is -2.14. The summed E-state index contributed by atoms with van der Waals surface area (Å²) in [4.78, 5) is 11.9. The zero-order valence-electron chi connectivity index (χ0n) is 11.1. The molecule has 0 saturated carbocycles. The molecular formula is C14H17N3O2. The number of benzene rings is 1. The lowest BCUT2D eigenvalue weighted by Gasteiger charge is -2.06. The molecule has 0 unspecified atom stereocenters. The van der Waals surface area contributed by atoms with Crippen LogP contribution in [0.15, 0.2) is 34.9 Å². The van der Waals surface area contributed by atoms with Crippen LogP contribution in [0.5, 0.6) is 0 Å². The fourth-order valence-corrected chi connectivity index (χ4v) is 1.69. The molecule has 1 heterocycles. The molecule has 0 aliphatic carbocycles. The second kappa shape index (κ2) is 6.15. The van der Waals surface area contributed by atoms with Gasteiger partial charge in [-0.15, -0.1) is 0 Å². The van der Waals surface area contributed by atoms with Crippen molar-refractivity contribution in [1.82, 2.24) is 10.5 Å². The first-order chi connectivity index (χ1) is 9.19. The molecule has 2 N–H and O–H groups in total. The van der Waals surface area contributed by atoms with Crippen LogP contribution in [-0.2, 0) is 6.54 Å². The summed E-state index contributed by atoms with van der Waals surface area (Å²) in [6, 6.07) is 9.31. The molecule has 0 fully saturated rings. The lowest BCUT2D eigenvalue weighted by molar-refractivity contribution is 0.0988. The lowest BCUT2D eigenvalue weighted by atomic mass is 10.2. The van der Waals surface area contributed by atoms with E-state index in [4.69, 9.17) is 4.52 Å². The summed E-state index contributed by atoms with van der Waals surface area (Å²) in [5, 5.41) is 9.72. The summed E-state index contributed by atoms with van der Waals surface area (Å²) in [7, 11) is 0. The highest BCUT2D eigenvalue weighted by Crippen LogP contribution is 2.12. The number of anilines is 1. The SMILES string of the molecule is CCNCc1cccc(NC(=O)c2cc(C)no2)c1. The third-order valence-corrected chi connectivity index (χ3v) is 2.62. The monoisotopic (exact) mass is 259 g/mol. The van der Waals surface area contributed by atoms with Gasteiger partial charge in [-0.3, -0.25) is 4.79 Å². The molecule has 19 heavy (non-hydrogen) atoms. The van der Waals surface area contributed by atoms with Crippen molar-refractivity contribution in [3.8, 4) is 0 Å². The topological polar surface area (TPSA) is 67.2 Å². The lowest BCUT2D eigenvalue weighted by Crippen LogP contribution is -2.13. The summed E-state index contributed by atoms with van der Waals surface area (Å²) in [5.41, 5.74) is 2.55. The number of nitrogens with one attached hydrogen (secondary N) is 2. The fourth-order valence-electron chi connectivity index (χ4n) is 1.69. The van der Waals surface area contributed by atoms with Crippen LogP contribution in [0.3, 0.4) is 0 Å². The van der Waals surface area contributed by atoms with E-state index in [0.29, 0.717) is 5.69 Å². The van der Waals surface area contributed by atoms with E-state index in [0.717, 1.165) is 24.3 Å². The third kappa shape index (κ3) is 3.66. The Morgan fingerprint density at radius 1 is 1.37 bits per heavy atom. The number of aromatic nitrogens is 1. The van der Waals surface area contributed by atoms with Crippen LogP contribution in [0.2, 0.25) is 0 Å². The van der Waals surface area contributed by atoms with Crippen molar-refractivity contribution in [3.63, 3.8) is 0 Å². The van der Waals surface area contributed by atoms with Crippen LogP contribution in [0.25, 0.3) is 0 Å². The molecule has 2 aromatic rings. The molecular weight excluding hydrogens is 242 g/mol. The van der Waals surface area contributed by atoms with Gasteiger partial charge in [0, 0.05) is 18.3 Å². The van der Waals surface area contributed by atoms with Crippen LogP contribution in [0, 0.1) is 6.92 Å². The molecule has 0 saturated heterocycles. The highest BCUT2D eigenvalue weighted by molar-refractivity contribution is 6.02. The predicted octanol–water partition coefficient (Wildman–Crippen LogP) is 2.34. The average molecular weight is 259 g/mol. The van der Waals surface area contributed by atoms with E-state index >= 15 is 0 Å². The maximum absolute atomic E-state index is 11.9. The molecule has 5 nitrogen and oxygen atoms in total. The van der Waals surface area contributed by atoms with Gasteiger partial charge >= 0.3 is 0 Å². The smallest absolute Gasteiger partial charge is 0.294 e. The van der Waals surface area contributed by atoms with E-state index < -0.39 is 0 Å². The predicted molar refractivity (Wildman–Crippen MR) is 73.0 cm³/mol. The number of hydrogen-bond donors (Lipinski definition) is 2. The number of hydrogen-bond acceptors (Lipinski definition) is 4. The van der Waals surface area contributed by atoms with E-state index in [-0.39, 0.29) is 11.7 Å². The minimum absolute atomic E-state index is 0.217. The standard InChI is InChI=1S/C14H17N3O2/c1-3-15-9-11-5-4-6-12(8-11)16-14(18)13-7-10(2)17-19-13/h4-8,15H,3,9H2,1-2H3,(H,16,18). The Balaban J connectivity index is 2.04. The van der Waals surface area contributed by atoms with Gasteiger partial charge < -0.3 is 15.2 Å². The minimum Gasteiger partial charge on any atom is -0.351 e. The third-order valence-electron chi connectivity index (χ3n) is 2.62. The number of carbonyl (C=O) groups is 1. The Labute approximate surface area is 112 Å². The van der Waals surface area contributed by atoms with Crippen molar-refractivity contribution >= 4 is 11.6 Å². The van der Waals surface area contributed by atoms with E-state index in [2.05, 4.69) is 22.7 Å². The highest BCUT2D eigenvalue weighted by Gasteiger charge is 2.11. The van der Waals surface area contributed by atoms with E-state index in [1.54, 1.807) is 13.0 Å². The van der Waals surface area contributed by atoms with Gasteiger partial charge in [0.15, 0.2) is 0 Å². The van der Waals surface area contributed by atoms with Crippen LogP contribution in [0.4, 0.5) is 5.69 Å². The summed E-state index contributed by atoms with van der Waals surface area (Å²) in [6.45, 7) is 5.52. The van der Waals surface area contributed by atoms with E-state index in [9.17, 15) is 4.79 Å². The molecule has 0 spiro atoms. The van der Waals surface area contributed by atoms with Gasteiger partial charge in [0.1, 0.15) is 0 Å². The van der Waals surface area contributed by atoms with Crippen molar-refractivity contribution in [1.29, 1.82) is 0 Å². The Bertz CT molecular complexity index is 563. The summed E-state index contributed by atoms with van der Waals surface area (Å²) in [5.74, 6) is -0.0733. The van der Waals surface area contributed by atoms with Gasteiger partial charge in [-0.1, -0.05) is 24.2 Å². The molecule has 1 aromatic carbocycles. The molecule has 100 valence electrons. The van der Waals surface area contributed by atoms with Crippen LogP contribution in [-0.4, -0.2) is 17.6 Å². The number of amides is 1. The normalized spacial score (nSPS) is 10.4. The Morgan fingerprint density at radius 3 is 2.89 bits per heavy atom. The fraction of sp³-hybridized carbons (Fsp3) is 0.286. The molecule has 1 aromatic heterocycles. The first kappa shape index (κ1) is 13.3. The molecule has 1 amide bonds. The summed E-state index contributed by atoms with van der Waals surface area (Å²) in [6.07, 6.45) is 0. The van der Waals surface area contributed by atoms with E-state index in [1.807, 2.05) is 24.3 Å². The highest BCUT2D eigenvalue weighted by atomic mass is 16.5. The number of aryl methyl sites for hydroxylation is 1. The van der Waals surface area contributed by atoms with Crippen molar-refractivity contribution in [2.24, 2.45) is 0 Å². The van der Waals surface area contributed by atoms with Gasteiger partial charge in [-0.2, -0.15) is 0 Å².